The lowest BCUT2D eigenvalue weighted by atomic mass is 9.45. The number of fused-ring (bicyclic) bond motifs is 5. The van der Waals surface area contributed by atoms with Crippen LogP contribution in [-0.4, -0.2) is 34.6 Å². The summed E-state index contributed by atoms with van der Waals surface area (Å²) in [5.74, 6) is 2.15. The minimum atomic E-state index is -0.406. The number of hydrogen-bond donors (Lipinski definition) is 2. The Balaban J connectivity index is 0.00000256. The first-order valence-electron chi connectivity index (χ1n) is 11.3. The number of oxime groups is 2. The third-order valence-corrected chi connectivity index (χ3v) is 8.79. The van der Waals surface area contributed by atoms with Crippen LogP contribution in [0.2, 0.25) is 0 Å². The number of Topliss-reactive ketones (excluding diaryl/α,β-unsaturated/α-hetero) is 1. The van der Waals surface area contributed by atoms with Crippen molar-refractivity contribution in [3.63, 3.8) is 0 Å². The van der Waals surface area contributed by atoms with Gasteiger partial charge in [0.25, 0.3) is 0 Å². The number of carbonyl (C=O) groups excluding carboxylic acids is 1. The van der Waals surface area contributed by atoms with Crippen LogP contribution in [0.1, 0.15) is 79.1 Å². The largest absolute Gasteiger partial charge is 0.411 e. The van der Waals surface area contributed by atoms with Crippen molar-refractivity contribution in [1.29, 1.82) is 0 Å². The third kappa shape index (κ3) is 3.79. The van der Waals surface area contributed by atoms with Gasteiger partial charge < -0.3 is 15.8 Å². The van der Waals surface area contributed by atoms with E-state index in [0.717, 1.165) is 62.8 Å². The van der Waals surface area contributed by atoms with Gasteiger partial charge in [-0.25, -0.2) is 0 Å². The summed E-state index contributed by atoms with van der Waals surface area (Å²) in [7, 11) is 0. The van der Waals surface area contributed by atoms with E-state index in [1.54, 1.807) is 0 Å². The zero-order valence-corrected chi connectivity index (χ0v) is 19.6. The van der Waals surface area contributed by atoms with Crippen LogP contribution in [0.5, 0.6) is 0 Å². The fourth-order valence-corrected chi connectivity index (χ4v) is 7.13. The summed E-state index contributed by atoms with van der Waals surface area (Å²) in [4.78, 5) is 18.1. The normalized spacial score (nSPS) is 43.6. The molecule has 0 aliphatic heterocycles. The van der Waals surface area contributed by atoms with E-state index in [4.69, 9.17) is 10.6 Å². The second-order valence-corrected chi connectivity index (χ2v) is 11.3. The number of nitrogens with zero attached hydrogens (tertiary/aromatic N) is 2. The predicted octanol–water partition coefficient (Wildman–Crippen LogP) is 4.57. The Bertz CT molecular complexity index is 746. The zero-order valence-electron chi connectivity index (χ0n) is 18.8. The maximum atomic E-state index is 12.6. The Hall–Kier alpha value is -1.14. The van der Waals surface area contributed by atoms with Crippen LogP contribution in [0, 0.1) is 34.5 Å². The van der Waals surface area contributed by atoms with Crippen molar-refractivity contribution >= 4 is 29.6 Å². The minimum Gasteiger partial charge on any atom is -0.411 e. The number of halogens is 1. The van der Waals surface area contributed by atoms with Crippen LogP contribution in [0.25, 0.3) is 0 Å². The molecule has 0 aromatic heterocycles. The Morgan fingerprint density at radius 3 is 2.57 bits per heavy atom. The lowest BCUT2D eigenvalue weighted by Crippen LogP contribution is -2.56. The number of ketones is 1. The fourth-order valence-electron chi connectivity index (χ4n) is 7.13. The van der Waals surface area contributed by atoms with Crippen molar-refractivity contribution in [2.75, 3.05) is 6.61 Å². The van der Waals surface area contributed by atoms with E-state index >= 15 is 0 Å². The van der Waals surface area contributed by atoms with Gasteiger partial charge in [0.1, 0.15) is 12.4 Å². The van der Waals surface area contributed by atoms with E-state index in [2.05, 4.69) is 24.2 Å². The smallest absolute Gasteiger partial charge is 0.139 e. The standard InChI is InChI=1S/C23H37N3O3.ClH/c1-21(2,24)13-29-26-14-7-9-22(3)17-8-10-23(4)16(5-6-20(23)27)15(17)12-19(25-28)18(22)11-14;/h15-18,28H,5-13,24H2,1-4H3;1H/b25-19+,26-14?;/t15-,16-,17-,18+,22+,23-;/m0./s1. The van der Waals surface area contributed by atoms with Gasteiger partial charge in [-0.05, 0) is 82.0 Å². The molecule has 3 N–H and O–H groups in total. The van der Waals surface area contributed by atoms with Gasteiger partial charge in [-0.15, -0.1) is 12.4 Å². The van der Waals surface area contributed by atoms with E-state index in [1.165, 1.54) is 0 Å². The average molecular weight is 440 g/mol. The van der Waals surface area contributed by atoms with E-state index in [-0.39, 0.29) is 29.2 Å². The highest BCUT2D eigenvalue weighted by molar-refractivity contribution is 5.96. The van der Waals surface area contributed by atoms with Crippen LogP contribution in [-0.2, 0) is 9.63 Å². The number of hydrogen-bond acceptors (Lipinski definition) is 6. The van der Waals surface area contributed by atoms with Crippen LogP contribution >= 0.6 is 12.4 Å². The fraction of sp³-hybridized carbons (Fsp3) is 0.870. The molecule has 30 heavy (non-hydrogen) atoms. The minimum absolute atomic E-state index is 0. The van der Waals surface area contributed by atoms with Crippen LogP contribution in [0.15, 0.2) is 10.3 Å². The quantitative estimate of drug-likeness (QED) is 0.497. The lowest BCUT2D eigenvalue weighted by molar-refractivity contribution is -0.133. The summed E-state index contributed by atoms with van der Waals surface area (Å²) in [5, 5.41) is 18.1. The predicted molar refractivity (Wildman–Crippen MR) is 120 cm³/mol. The molecule has 0 heterocycles. The lowest BCUT2D eigenvalue weighted by Gasteiger charge is -2.59. The van der Waals surface area contributed by atoms with Gasteiger partial charge in [0.2, 0.25) is 0 Å². The molecule has 0 radical (unpaired) electrons. The molecule has 0 unspecified atom stereocenters. The van der Waals surface area contributed by atoms with E-state index in [9.17, 15) is 10.0 Å². The monoisotopic (exact) mass is 439 g/mol. The van der Waals surface area contributed by atoms with Gasteiger partial charge in [0, 0.05) is 23.3 Å². The maximum Gasteiger partial charge on any atom is 0.139 e. The maximum absolute atomic E-state index is 12.6. The summed E-state index contributed by atoms with van der Waals surface area (Å²) in [6.07, 6.45) is 7.42. The molecule has 6 atom stereocenters. The molecule has 170 valence electrons. The molecule has 0 bridgehead atoms. The highest BCUT2D eigenvalue weighted by Gasteiger charge is 2.61. The van der Waals surface area contributed by atoms with Crippen molar-refractivity contribution < 1.29 is 14.8 Å². The summed E-state index contributed by atoms with van der Waals surface area (Å²) in [6.45, 7) is 8.81. The van der Waals surface area contributed by atoms with Crippen molar-refractivity contribution in [2.45, 2.75) is 84.6 Å². The molecule has 4 aliphatic rings. The molecular weight excluding hydrogens is 402 g/mol. The average Bonchev–Trinajstić information content (AvgIpc) is 2.95. The molecule has 4 fully saturated rings. The number of nitrogens with two attached hydrogens (primary N) is 1. The van der Waals surface area contributed by atoms with Gasteiger partial charge in [0.15, 0.2) is 0 Å². The molecule has 0 aromatic carbocycles. The molecule has 4 saturated carbocycles. The first-order chi connectivity index (χ1) is 13.6. The molecule has 0 saturated heterocycles. The first-order valence-corrected chi connectivity index (χ1v) is 11.3. The van der Waals surface area contributed by atoms with E-state index in [0.29, 0.717) is 30.1 Å². The molecular formula is C23H38ClN3O3. The molecule has 6 nitrogen and oxygen atoms in total. The summed E-state index contributed by atoms with van der Waals surface area (Å²) in [6, 6.07) is 0. The Labute approximate surface area is 186 Å². The molecule has 4 aliphatic carbocycles. The molecule has 4 rings (SSSR count). The summed E-state index contributed by atoms with van der Waals surface area (Å²) < 4.78 is 0. The molecule has 0 amide bonds. The third-order valence-electron chi connectivity index (χ3n) is 8.79. The van der Waals surface area contributed by atoms with Crippen molar-refractivity contribution in [3.8, 4) is 0 Å². The van der Waals surface area contributed by atoms with Crippen molar-refractivity contribution in [2.24, 2.45) is 50.5 Å². The van der Waals surface area contributed by atoms with Crippen LogP contribution in [0.3, 0.4) is 0 Å². The van der Waals surface area contributed by atoms with Gasteiger partial charge in [-0.3, -0.25) is 4.79 Å². The van der Waals surface area contributed by atoms with Gasteiger partial charge >= 0.3 is 0 Å². The highest BCUT2D eigenvalue weighted by atomic mass is 35.5. The topological polar surface area (TPSA) is 97.3 Å². The number of carbonyl (C=O) groups is 1. The second-order valence-electron chi connectivity index (χ2n) is 11.3. The van der Waals surface area contributed by atoms with Crippen LogP contribution < -0.4 is 5.73 Å². The molecule has 7 heteroatoms. The second kappa shape index (κ2) is 8.09. The Kier molecular flexibility index (Phi) is 6.34. The molecule has 0 aromatic rings. The van der Waals surface area contributed by atoms with E-state index < -0.39 is 5.54 Å². The zero-order chi connectivity index (χ0) is 21.0. The van der Waals surface area contributed by atoms with Crippen LogP contribution in [0.4, 0.5) is 0 Å². The molecule has 0 spiro atoms. The van der Waals surface area contributed by atoms with Crippen molar-refractivity contribution in [3.05, 3.63) is 0 Å². The summed E-state index contributed by atoms with van der Waals surface area (Å²) >= 11 is 0. The van der Waals surface area contributed by atoms with Gasteiger partial charge in [-0.1, -0.05) is 24.2 Å². The first kappa shape index (κ1) is 23.5. The van der Waals surface area contributed by atoms with Gasteiger partial charge in [-0.2, -0.15) is 0 Å². The SMILES string of the molecule is CC(C)(N)CON=C1CC[C@@]2(C)[C@H](C1)/C(=N/O)C[C@@H]1[C@@H]2CC[C@]2(C)C(=O)CC[C@@H]12.Cl. The highest BCUT2D eigenvalue weighted by Crippen LogP contribution is 2.64. The Morgan fingerprint density at radius 2 is 1.90 bits per heavy atom. The van der Waals surface area contributed by atoms with E-state index in [1.807, 2.05) is 13.8 Å². The van der Waals surface area contributed by atoms with Crippen molar-refractivity contribution in [1.82, 2.24) is 0 Å². The van der Waals surface area contributed by atoms with Gasteiger partial charge in [0.05, 0.1) is 11.4 Å². The Morgan fingerprint density at radius 1 is 1.17 bits per heavy atom. The summed E-state index contributed by atoms with van der Waals surface area (Å²) in [5.41, 5.74) is 7.48. The number of rotatable bonds is 3.